The van der Waals surface area contributed by atoms with Crippen molar-refractivity contribution in [3.8, 4) is 0 Å². The molecule has 0 aromatic heterocycles. The van der Waals surface area contributed by atoms with Crippen LogP contribution in [-0.4, -0.2) is 59.5 Å². The lowest BCUT2D eigenvalue weighted by atomic mass is 10.2. The Kier molecular flexibility index (Phi) is 4.11. The summed E-state index contributed by atoms with van der Waals surface area (Å²) in [5.74, 6) is -0.0111. The molecule has 0 N–H and O–H groups in total. The molecule has 0 aromatic rings. The molecular formula is C12H17ClN2O3. The van der Waals surface area contributed by atoms with Gasteiger partial charge in [0.2, 0.25) is 5.91 Å². The van der Waals surface area contributed by atoms with Crippen molar-refractivity contribution in [1.29, 1.82) is 0 Å². The van der Waals surface area contributed by atoms with E-state index in [0.29, 0.717) is 26.1 Å². The lowest BCUT2D eigenvalue weighted by Crippen LogP contribution is -2.40. The van der Waals surface area contributed by atoms with Crippen molar-refractivity contribution in [2.45, 2.75) is 24.3 Å². The summed E-state index contributed by atoms with van der Waals surface area (Å²) >= 11 is 5.90. The largest absolute Gasteiger partial charge is 0.445 e. The number of alkyl halides is 1. The van der Waals surface area contributed by atoms with Gasteiger partial charge in [-0.2, -0.15) is 0 Å². The topological polar surface area (TPSA) is 49.9 Å². The van der Waals surface area contributed by atoms with Gasteiger partial charge in [-0.25, -0.2) is 4.79 Å². The fraction of sp³-hybridized carbons (Fsp3) is 0.667. The third-order valence-electron chi connectivity index (χ3n) is 3.36. The van der Waals surface area contributed by atoms with Crippen molar-refractivity contribution in [1.82, 2.24) is 9.80 Å². The van der Waals surface area contributed by atoms with E-state index in [9.17, 15) is 9.59 Å². The second-order valence-corrected chi connectivity index (χ2v) is 5.07. The Morgan fingerprint density at radius 2 is 2.28 bits per heavy atom. The van der Waals surface area contributed by atoms with Gasteiger partial charge in [0.1, 0.15) is 12.0 Å². The molecule has 18 heavy (non-hydrogen) atoms. The van der Waals surface area contributed by atoms with E-state index in [1.165, 1.54) is 6.08 Å². The first kappa shape index (κ1) is 13.2. The molecule has 0 bridgehead atoms. The van der Waals surface area contributed by atoms with Crippen LogP contribution < -0.4 is 0 Å². The van der Waals surface area contributed by atoms with E-state index >= 15 is 0 Å². The number of carbonyl (C=O) groups is 2. The Bertz CT molecular complexity index is 361. The standard InChI is InChI=1S/C12H17ClN2O3/c1-2-7-18-12(17)14-5-3-9(8-14)15-6-4-10(13)11(15)16/h2,9-10H,1,3-8H2. The van der Waals surface area contributed by atoms with Gasteiger partial charge in [-0.1, -0.05) is 12.7 Å². The third kappa shape index (κ3) is 2.61. The number of likely N-dealkylation sites (tertiary alicyclic amines) is 2. The van der Waals surface area contributed by atoms with Gasteiger partial charge in [0, 0.05) is 19.6 Å². The summed E-state index contributed by atoms with van der Waals surface area (Å²) in [7, 11) is 0. The SMILES string of the molecule is C=CCOC(=O)N1CCC(N2CCC(Cl)C2=O)C1. The summed E-state index contributed by atoms with van der Waals surface area (Å²) in [6, 6.07) is 0.0810. The number of carbonyl (C=O) groups excluding carboxylic acids is 2. The fourth-order valence-corrected chi connectivity index (χ4v) is 2.64. The van der Waals surface area contributed by atoms with Crippen LogP contribution in [0.25, 0.3) is 0 Å². The van der Waals surface area contributed by atoms with Gasteiger partial charge in [-0.3, -0.25) is 4.79 Å². The average molecular weight is 273 g/mol. The predicted octanol–water partition coefficient (Wildman–Crippen LogP) is 1.22. The summed E-state index contributed by atoms with van der Waals surface area (Å²) in [4.78, 5) is 26.8. The van der Waals surface area contributed by atoms with Crippen molar-refractivity contribution in [2.24, 2.45) is 0 Å². The fourth-order valence-electron chi connectivity index (χ4n) is 2.41. The number of halogens is 1. The van der Waals surface area contributed by atoms with Crippen molar-refractivity contribution < 1.29 is 14.3 Å². The molecule has 0 saturated carbocycles. The van der Waals surface area contributed by atoms with Gasteiger partial charge in [0.25, 0.3) is 0 Å². The number of ether oxygens (including phenoxy) is 1. The van der Waals surface area contributed by atoms with Crippen LogP contribution in [-0.2, 0) is 9.53 Å². The second kappa shape index (κ2) is 5.61. The highest BCUT2D eigenvalue weighted by Gasteiger charge is 2.38. The van der Waals surface area contributed by atoms with Crippen LogP contribution in [0.15, 0.2) is 12.7 Å². The van der Waals surface area contributed by atoms with Gasteiger partial charge < -0.3 is 14.5 Å². The van der Waals surface area contributed by atoms with E-state index in [-0.39, 0.29) is 24.6 Å². The molecule has 6 heteroatoms. The molecule has 2 fully saturated rings. The van der Waals surface area contributed by atoms with Gasteiger partial charge in [0.05, 0.1) is 6.04 Å². The van der Waals surface area contributed by atoms with Crippen molar-refractivity contribution >= 4 is 23.6 Å². The van der Waals surface area contributed by atoms with Gasteiger partial charge in [-0.05, 0) is 12.8 Å². The van der Waals surface area contributed by atoms with Crippen LogP contribution >= 0.6 is 11.6 Å². The molecule has 2 amide bonds. The number of rotatable bonds is 3. The van der Waals surface area contributed by atoms with Gasteiger partial charge in [0.15, 0.2) is 0 Å². The Hall–Kier alpha value is -1.23. The first-order chi connectivity index (χ1) is 8.63. The number of nitrogens with zero attached hydrogens (tertiary/aromatic N) is 2. The highest BCUT2D eigenvalue weighted by molar-refractivity contribution is 6.31. The minimum atomic E-state index is -0.397. The van der Waals surface area contributed by atoms with E-state index < -0.39 is 5.38 Å². The lowest BCUT2D eigenvalue weighted by Gasteiger charge is -2.24. The van der Waals surface area contributed by atoms with Crippen molar-refractivity contribution in [2.75, 3.05) is 26.2 Å². The predicted molar refractivity (Wildman–Crippen MR) is 67.5 cm³/mol. The smallest absolute Gasteiger partial charge is 0.410 e. The Balaban J connectivity index is 1.86. The van der Waals surface area contributed by atoms with Crippen LogP contribution in [0.4, 0.5) is 4.79 Å². The molecule has 2 atom stereocenters. The van der Waals surface area contributed by atoms with Crippen molar-refractivity contribution in [3.05, 3.63) is 12.7 Å². The maximum absolute atomic E-state index is 11.8. The van der Waals surface area contributed by atoms with Crippen LogP contribution in [0, 0.1) is 0 Å². The van der Waals surface area contributed by atoms with E-state index in [0.717, 1.165) is 6.42 Å². The van der Waals surface area contributed by atoms with Crippen LogP contribution in [0.5, 0.6) is 0 Å². The van der Waals surface area contributed by atoms with E-state index in [2.05, 4.69) is 6.58 Å². The highest BCUT2D eigenvalue weighted by Crippen LogP contribution is 2.24. The molecule has 2 saturated heterocycles. The second-order valence-electron chi connectivity index (χ2n) is 4.54. The molecule has 2 rings (SSSR count). The maximum atomic E-state index is 11.8. The van der Waals surface area contributed by atoms with Crippen molar-refractivity contribution in [3.63, 3.8) is 0 Å². The first-order valence-corrected chi connectivity index (χ1v) is 6.54. The lowest BCUT2D eigenvalue weighted by molar-refractivity contribution is -0.129. The molecule has 100 valence electrons. The molecule has 0 radical (unpaired) electrons. The minimum absolute atomic E-state index is 0.0111. The zero-order chi connectivity index (χ0) is 13.1. The summed E-state index contributed by atoms with van der Waals surface area (Å²) < 4.78 is 4.97. The van der Waals surface area contributed by atoms with E-state index in [1.807, 2.05) is 0 Å². The quantitative estimate of drug-likeness (QED) is 0.573. The zero-order valence-electron chi connectivity index (χ0n) is 10.2. The average Bonchev–Trinajstić information content (AvgIpc) is 2.95. The molecule has 2 aliphatic rings. The molecule has 2 heterocycles. The highest BCUT2D eigenvalue weighted by atomic mass is 35.5. The van der Waals surface area contributed by atoms with Crippen LogP contribution in [0.3, 0.4) is 0 Å². The minimum Gasteiger partial charge on any atom is -0.445 e. The number of amides is 2. The van der Waals surface area contributed by atoms with Crippen LogP contribution in [0.1, 0.15) is 12.8 Å². The summed E-state index contributed by atoms with van der Waals surface area (Å²) in [6.45, 7) is 5.55. The normalized spacial score (nSPS) is 27.7. The Labute approximate surface area is 111 Å². The molecule has 0 aromatic carbocycles. The maximum Gasteiger partial charge on any atom is 0.410 e. The summed E-state index contributed by atoms with van der Waals surface area (Å²) in [5.41, 5.74) is 0. The molecule has 0 aliphatic carbocycles. The Morgan fingerprint density at radius 1 is 1.50 bits per heavy atom. The molecule has 5 nitrogen and oxygen atoms in total. The molecule has 2 unspecified atom stereocenters. The molecule has 2 aliphatic heterocycles. The number of hydrogen-bond donors (Lipinski definition) is 0. The van der Waals surface area contributed by atoms with E-state index in [4.69, 9.17) is 16.3 Å². The first-order valence-electron chi connectivity index (χ1n) is 6.10. The Morgan fingerprint density at radius 3 is 2.89 bits per heavy atom. The summed E-state index contributed by atoms with van der Waals surface area (Å²) in [5, 5.41) is -0.397. The third-order valence-corrected chi connectivity index (χ3v) is 3.77. The number of hydrogen-bond acceptors (Lipinski definition) is 3. The van der Waals surface area contributed by atoms with Gasteiger partial charge in [-0.15, -0.1) is 11.6 Å². The zero-order valence-corrected chi connectivity index (χ0v) is 10.9. The monoisotopic (exact) mass is 272 g/mol. The summed E-state index contributed by atoms with van der Waals surface area (Å²) in [6.07, 6.45) is 2.68. The van der Waals surface area contributed by atoms with E-state index in [1.54, 1.807) is 9.80 Å². The molecule has 0 spiro atoms. The molecular weight excluding hydrogens is 256 g/mol. The van der Waals surface area contributed by atoms with Crippen LogP contribution in [0.2, 0.25) is 0 Å². The van der Waals surface area contributed by atoms with Gasteiger partial charge >= 0.3 is 6.09 Å².